The molecule has 0 saturated heterocycles. The molecule has 0 spiro atoms. The summed E-state index contributed by atoms with van der Waals surface area (Å²) >= 11 is 0. The first kappa shape index (κ1) is 16.7. The summed E-state index contributed by atoms with van der Waals surface area (Å²) in [6.07, 6.45) is 0. The standard InChI is InChI=1S/C19H14F2O4/c1-23-17-11-14(7-9-16(17)25-19(20)21)18(22)24-15-8-6-12-4-2-3-5-13(12)10-15/h2-11,19H,1H3. The van der Waals surface area contributed by atoms with Crippen LogP contribution >= 0.6 is 0 Å². The van der Waals surface area contributed by atoms with Gasteiger partial charge in [-0.05, 0) is 41.1 Å². The second-order valence-electron chi connectivity index (χ2n) is 5.14. The number of methoxy groups -OCH3 is 1. The van der Waals surface area contributed by atoms with Gasteiger partial charge in [-0.3, -0.25) is 0 Å². The molecule has 3 rings (SSSR count). The minimum Gasteiger partial charge on any atom is -0.493 e. The van der Waals surface area contributed by atoms with Gasteiger partial charge in [0.15, 0.2) is 11.5 Å². The van der Waals surface area contributed by atoms with Gasteiger partial charge in [-0.1, -0.05) is 30.3 Å². The predicted octanol–water partition coefficient (Wildman–Crippen LogP) is 4.67. The second-order valence-corrected chi connectivity index (χ2v) is 5.14. The molecule has 128 valence electrons. The van der Waals surface area contributed by atoms with Gasteiger partial charge in [-0.15, -0.1) is 0 Å². The van der Waals surface area contributed by atoms with Crippen LogP contribution in [-0.4, -0.2) is 19.7 Å². The molecule has 4 nitrogen and oxygen atoms in total. The lowest BCUT2D eigenvalue weighted by Gasteiger charge is -2.11. The lowest BCUT2D eigenvalue weighted by atomic mass is 10.1. The Morgan fingerprint density at radius 3 is 2.40 bits per heavy atom. The van der Waals surface area contributed by atoms with Crippen molar-refractivity contribution in [1.29, 1.82) is 0 Å². The monoisotopic (exact) mass is 344 g/mol. The lowest BCUT2D eigenvalue weighted by Crippen LogP contribution is -2.10. The minimum atomic E-state index is -2.98. The zero-order valence-corrected chi connectivity index (χ0v) is 13.2. The molecule has 0 unspecified atom stereocenters. The van der Waals surface area contributed by atoms with Crippen LogP contribution < -0.4 is 14.2 Å². The van der Waals surface area contributed by atoms with Crippen LogP contribution in [0.3, 0.4) is 0 Å². The van der Waals surface area contributed by atoms with Crippen molar-refractivity contribution in [1.82, 2.24) is 0 Å². The molecule has 0 aromatic heterocycles. The summed E-state index contributed by atoms with van der Waals surface area (Å²) in [5.41, 5.74) is 0.159. The van der Waals surface area contributed by atoms with Crippen molar-refractivity contribution < 1.29 is 27.8 Å². The first-order valence-electron chi connectivity index (χ1n) is 7.40. The average molecular weight is 344 g/mol. The van der Waals surface area contributed by atoms with Gasteiger partial charge in [0.05, 0.1) is 12.7 Å². The number of hydrogen-bond donors (Lipinski definition) is 0. The molecule has 0 aliphatic carbocycles. The van der Waals surface area contributed by atoms with Crippen molar-refractivity contribution >= 4 is 16.7 Å². The topological polar surface area (TPSA) is 44.8 Å². The largest absolute Gasteiger partial charge is 0.493 e. The third-order valence-corrected chi connectivity index (χ3v) is 3.55. The van der Waals surface area contributed by atoms with Crippen LogP contribution in [0.5, 0.6) is 17.2 Å². The highest BCUT2D eigenvalue weighted by Gasteiger charge is 2.15. The Labute approximate surface area is 142 Å². The summed E-state index contributed by atoms with van der Waals surface area (Å²) in [7, 11) is 1.30. The van der Waals surface area contributed by atoms with Crippen LogP contribution in [0.1, 0.15) is 10.4 Å². The number of alkyl halides is 2. The molecule has 0 radical (unpaired) electrons. The van der Waals surface area contributed by atoms with E-state index in [4.69, 9.17) is 9.47 Å². The maximum atomic E-state index is 12.3. The zero-order valence-electron chi connectivity index (χ0n) is 13.2. The summed E-state index contributed by atoms with van der Waals surface area (Å²) in [4.78, 5) is 12.3. The number of benzene rings is 3. The van der Waals surface area contributed by atoms with Crippen LogP contribution in [0.2, 0.25) is 0 Å². The Kier molecular flexibility index (Phi) is 4.79. The van der Waals surface area contributed by atoms with Crippen LogP contribution in [0.25, 0.3) is 10.8 Å². The normalized spacial score (nSPS) is 10.7. The molecule has 0 amide bonds. The highest BCUT2D eigenvalue weighted by molar-refractivity contribution is 5.92. The number of rotatable bonds is 5. The molecule has 0 saturated carbocycles. The van der Waals surface area contributed by atoms with Gasteiger partial charge < -0.3 is 14.2 Å². The molecule has 0 aliphatic rings. The van der Waals surface area contributed by atoms with E-state index in [0.29, 0.717) is 5.75 Å². The molecular weight excluding hydrogens is 330 g/mol. The van der Waals surface area contributed by atoms with E-state index in [1.807, 2.05) is 30.3 Å². The van der Waals surface area contributed by atoms with Crippen LogP contribution in [-0.2, 0) is 0 Å². The molecule has 0 bridgehead atoms. The fourth-order valence-electron chi connectivity index (χ4n) is 2.38. The number of hydrogen-bond acceptors (Lipinski definition) is 4. The van der Waals surface area contributed by atoms with E-state index in [0.717, 1.165) is 10.8 Å². The van der Waals surface area contributed by atoms with Gasteiger partial charge >= 0.3 is 12.6 Å². The molecule has 0 heterocycles. The van der Waals surface area contributed by atoms with E-state index >= 15 is 0 Å². The van der Waals surface area contributed by atoms with Gasteiger partial charge in [-0.25, -0.2) is 4.79 Å². The van der Waals surface area contributed by atoms with E-state index in [2.05, 4.69) is 4.74 Å². The Bertz CT molecular complexity index is 909. The SMILES string of the molecule is COc1cc(C(=O)Oc2ccc3ccccc3c2)ccc1OC(F)F. The van der Waals surface area contributed by atoms with Gasteiger partial charge in [0.1, 0.15) is 5.75 Å². The van der Waals surface area contributed by atoms with Crippen molar-refractivity contribution in [3.8, 4) is 17.2 Å². The first-order chi connectivity index (χ1) is 12.1. The molecule has 6 heteroatoms. The summed E-state index contributed by atoms with van der Waals surface area (Å²) in [5, 5.41) is 1.96. The number of halogens is 2. The van der Waals surface area contributed by atoms with Crippen molar-refractivity contribution in [2.45, 2.75) is 6.61 Å². The fourth-order valence-corrected chi connectivity index (χ4v) is 2.38. The zero-order chi connectivity index (χ0) is 17.8. The fraction of sp³-hybridized carbons (Fsp3) is 0.105. The Hall–Kier alpha value is -3.15. The summed E-state index contributed by atoms with van der Waals surface area (Å²) in [6, 6.07) is 16.8. The van der Waals surface area contributed by atoms with E-state index in [-0.39, 0.29) is 17.1 Å². The highest BCUT2D eigenvalue weighted by atomic mass is 19.3. The third-order valence-electron chi connectivity index (χ3n) is 3.55. The third kappa shape index (κ3) is 3.85. The van der Waals surface area contributed by atoms with E-state index in [1.54, 1.807) is 12.1 Å². The molecule has 3 aromatic rings. The molecular formula is C19H14F2O4. The van der Waals surface area contributed by atoms with Gasteiger partial charge in [0, 0.05) is 0 Å². The minimum absolute atomic E-state index is 0.0215. The van der Waals surface area contributed by atoms with Crippen molar-refractivity contribution in [3.63, 3.8) is 0 Å². The molecule has 0 N–H and O–H groups in total. The van der Waals surface area contributed by atoms with Gasteiger partial charge in [-0.2, -0.15) is 8.78 Å². The molecule has 0 atom stereocenters. The van der Waals surface area contributed by atoms with Gasteiger partial charge in [0.25, 0.3) is 0 Å². The van der Waals surface area contributed by atoms with Gasteiger partial charge in [0.2, 0.25) is 0 Å². The molecule has 25 heavy (non-hydrogen) atoms. The van der Waals surface area contributed by atoms with Crippen molar-refractivity contribution in [2.24, 2.45) is 0 Å². The number of carbonyl (C=O) groups is 1. The summed E-state index contributed by atoms with van der Waals surface area (Å²) < 4.78 is 39.3. The second kappa shape index (κ2) is 7.17. The van der Waals surface area contributed by atoms with Crippen LogP contribution in [0.4, 0.5) is 8.78 Å². The average Bonchev–Trinajstić information content (AvgIpc) is 2.61. The smallest absolute Gasteiger partial charge is 0.387 e. The molecule has 0 aliphatic heterocycles. The van der Waals surface area contributed by atoms with E-state index in [1.165, 1.54) is 25.3 Å². The van der Waals surface area contributed by atoms with E-state index in [9.17, 15) is 13.6 Å². The van der Waals surface area contributed by atoms with Crippen LogP contribution in [0, 0.1) is 0 Å². The highest BCUT2D eigenvalue weighted by Crippen LogP contribution is 2.30. The Morgan fingerprint density at radius 1 is 0.920 bits per heavy atom. The number of carbonyl (C=O) groups excluding carboxylic acids is 1. The Morgan fingerprint density at radius 2 is 1.68 bits per heavy atom. The quantitative estimate of drug-likeness (QED) is 0.498. The molecule has 0 fully saturated rings. The van der Waals surface area contributed by atoms with E-state index < -0.39 is 12.6 Å². The van der Waals surface area contributed by atoms with Crippen molar-refractivity contribution in [3.05, 3.63) is 66.2 Å². The lowest BCUT2D eigenvalue weighted by molar-refractivity contribution is -0.0512. The Balaban J connectivity index is 1.82. The summed E-state index contributed by atoms with van der Waals surface area (Å²) in [5.74, 6) is -0.374. The van der Waals surface area contributed by atoms with Crippen molar-refractivity contribution in [2.75, 3.05) is 7.11 Å². The van der Waals surface area contributed by atoms with Crippen LogP contribution in [0.15, 0.2) is 60.7 Å². The number of fused-ring (bicyclic) bond motifs is 1. The first-order valence-corrected chi connectivity index (χ1v) is 7.40. The number of ether oxygens (including phenoxy) is 3. The summed E-state index contributed by atoms with van der Waals surface area (Å²) in [6.45, 7) is -2.98. The number of esters is 1. The predicted molar refractivity (Wildman–Crippen MR) is 88.5 cm³/mol. The molecule has 3 aromatic carbocycles. The maximum absolute atomic E-state index is 12.3. The maximum Gasteiger partial charge on any atom is 0.387 e.